The van der Waals surface area contributed by atoms with Crippen LogP contribution in [0.3, 0.4) is 0 Å². The fraction of sp³-hybridized carbons (Fsp3) is 0.176. The maximum absolute atomic E-state index is 12.0. The fourth-order valence-corrected chi connectivity index (χ4v) is 2.46. The highest BCUT2D eigenvalue weighted by Crippen LogP contribution is 2.11. The van der Waals surface area contributed by atoms with Crippen LogP contribution in [0.25, 0.3) is 10.9 Å². The lowest BCUT2D eigenvalue weighted by Crippen LogP contribution is -2.17. The Morgan fingerprint density at radius 2 is 1.65 bits per heavy atom. The maximum Gasteiger partial charge on any atom is 0.280 e. The van der Waals surface area contributed by atoms with Crippen molar-refractivity contribution in [3.8, 4) is 0 Å². The van der Waals surface area contributed by atoms with Crippen molar-refractivity contribution in [2.45, 2.75) is 12.8 Å². The Morgan fingerprint density at radius 1 is 0.950 bits per heavy atom. The number of para-hydroxylation sites is 1. The van der Waals surface area contributed by atoms with Gasteiger partial charge in [-0.1, -0.05) is 42.5 Å². The number of aryl methyl sites for hydroxylation is 3. The molecule has 1 heterocycles. The lowest BCUT2D eigenvalue weighted by atomic mass is 10.1. The molecule has 20 heavy (non-hydrogen) atoms. The number of aromatic nitrogens is 2. The van der Waals surface area contributed by atoms with E-state index in [1.165, 1.54) is 5.56 Å². The van der Waals surface area contributed by atoms with E-state index < -0.39 is 0 Å². The minimum Gasteiger partial charge on any atom is -0.332 e. The van der Waals surface area contributed by atoms with Gasteiger partial charge in [0.15, 0.2) is 0 Å². The van der Waals surface area contributed by atoms with Crippen LogP contribution in [0.15, 0.2) is 59.4 Å². The molecule has 0 saturated heterocycles. The average Bonchev–Trinajstić information content (AvgIpc) is 2.50. The molecule has 0 unspecified atom stereocenters. The molecule has 100 valence electrons. The molecule has 0 fully saturated rings. The van der Waals surface area contributed by atoms with Gasteiger partial charge in [0, 0.05) is 13.5 Å². The van der Waals surface area contributed by atoms with Gasteiger partial charge in [-0.05, 0) is 24.1 Å². The Labute approximate surface area is 117 Å². The average molecular weight is 264 g/mol. The van der Waals surface area contributed by atoms with Gasteiger partial charge in [-0.2, -0.15) is 4.98 Å². The number of hydrogen-bond acceptors (Lipinski definition) is 2. The summed E-state index contributed by atoms with van der Waals surface area (Å²) in [6.07, 6.45) is 1.65. The first-order chi connectivity index (χ1) is 9.75. The predicted molar refractivity (Wildman–Crippen MR) is 80.8 cm³/mol. The molecule has 3 rings (SSSR count). The van der Waals surface area contributed by atoms with Gasteiger partial charge in [0.25, 0.3) is 5.56 Å². The number of hydrogen-bond donors (Lipinski definition) is 0. The van der Waals surface area contributed by atoms with Crippen molar-refractivity contribution in [3.05, 3.63) is 76.3 Å². The molecule has 0 atom stereocenters. The third-order valence-corrected chi connectivity index (χ3v) is 3.59. The van der Waals surface area contributed by atoms with Crippen molar-refractivity contribution in [3.63, 3.8) is 0 Å². The molecule has 2 aromatic carbocycles. The maximum atomic E-state index is 12.0. The lowest BCUT2D eigenvalue weighted by molar-refractivity contribution is 0.754. The smallest absolute Gasteiger partial charge is 0.280 e. The summed E-state index contributed by atoms with van der Waals surface area (Å²) in [5.74, 6) is 0.831. The number of benzene rings is 2. The number of rotatable bonds is 3. The Hall–Kier alpha value is -2.42. The first-order valence-electron chi connectivity index (χ1n) is 6.74. The van der Waals surface area contributed by atoms with Gasteiger partial charge < -0.3 is 4.57 Å². The summed E-state index contributed by atoms with van der Waals surface area (Å²) < 4.78 is 2.01. The normalized spacial score (nSPS) is 10.8. The van der Waals surface area contributed by atoms with E-state index in [4.69, 9.17) is 0 Å². The van der Waals surface area contributed by atoms with E-state index in [-0.39, 0.29) is 5.56 Å². The summed E-state index contributed by atoms with van der Waals surface area (Å²) in [7, 11) is 1.97. The molecule has 3 aromatic rings. The van der Waals surface area contributed by atoms with Crippen LogP contribution >= 0.6 is 0 Å². The van der Waals surface area contributed by atoms with E-state index >= 15 is 0 Å². The lowest BCUT2D eigenvalue weighted by Gasteiger charge is -2.10. The highest BCUT2D eigenvalue weighted by atomic mass is 16.1. The molecule has 3 heteroatoms. The van der Waals surface area contributed by atoms with Crippen LogP contribution in [0.5, 0.6) is 0 Å². The van der Waals surface area contributed by atoms with E-state index in [9.17, 15) is 4.79 Å². The zero-order valence-electron chi connectivity index (χ0n) is 11.4. The second kappa shape index (κ2) is 5.29. The van der Waals surface area contributed by atoms with Crippen molar-refractivity contribution in [1.29, 1.82) is 0 Å². The van der Waals surface area contributed by atoms with Gasteiger partial charge in [0.05, 0.1) is 10.9 Å². The van der Waals surface area contributed by atoms with Crippen LogP contribution < -0.4 is 5.56 Å². The minimum atomic E-state index is -0.137. The molecule has 0 saturated carbocycles. The highest BCUT2D eigenvalue weighted by molar-refractivity contribution is 5.77. The monoisotopic (exact) mass is 264 g/mol. The Morgan fingerprint density at radius 3 is 2.45 bits per heavy atom. The molecule has 1 aromatic heterocycles. The summed E-state index contributed by atoms with van der Waals surface area (Å²) in [4.78, 5) is 16.3. The fourth-order valence-electron chi connectivity index (χ4n) is 2.46. The van der Waals surface area contributed by atoms with E-state index in [2.05, 4.69) is 17.1 Å². The first kappa shape index (κ1) is 12.6. The van der Waals surface area contributed by atoms with Gasteiger partial charge in [-0.3, -0.25) is 4.79 Å². The molecule has 0 bridgehead atoms. The topological polar surface area (TPSA) is 34.9 Å². The molecule has 0 radical (unpaired) electrons. The van der Waals surface area contributed by atoms with E-state index in [0.717, 1.165) is 24.2 Å². The van der Waals surface area contributed by atoms with Crippen LogP contribution in [0.4, 0.5) is 0 Å². The summed E-state index contributed by atoms with van der Waals surface area (Å²) in [6, 6.07) is 17.9. The highest BCUT2D eigenvalue weighted by Gasteiger charge is 2.07. The van der Waals surface area contributed by atoms with Gasteiger partial charge in [-0.15, -0.1) is 0 Å². The molecule has 0 aliphatic carbocycles. The number of fused-ring (bicyclic) bond motifs is 1. The molecular weight excluding hydrogens is 248 g/mol. The largest absolute Gasteiger partial charge is 0.332 e. The zero-order chi connectivity index (χ0) is 13.9. The second-order valence-electron chi connectivity index (χ2n) is 4.89. The Bertz CT molecular complexity index is 791. The van der Waals surface area contributed by atoms with Crippen molar-refractivity contribution in [2.24, 2.45) is 7.05 Å². The quantitative estimate of drug-likeness (QED) is 0.729. The van der Waals surface area contributed by atoms with E-state index in [0.29, 0.717) is 5.39 Å². The molecule has 0 aliphatic heterocycles. The first-order valence-corrected chi connectivity index (χ1v) is 6.74. The summed E-state index contributed by atoms with van der Waals surface area (Å²) in [6.45, 7) is 0. The van der Waals surface area contributed by atoms with Crippen molar-refractivity contribution in [1.82, 2.24) is 9.55 Å². The van der Waals surface area contributed by atoms with Crippen molar-refractivity contribution >= 4 is 10.9 Å². The third-order valence-electron chi connectivity index (χ3n) is 3.59. The molecule has 3 nitrogen and oxygen atoms in total. The summed E-state index contributed by atoms with van der Waals surface area (Å²) in [5, 5.41) is 0.679. The Kier molecular flexibility index (Phi) is 3.33. The minimum absolute atomic E-state index is 0.137. The molecule has 0 aliphatic rings. The third kappa shape index (κ3) is 2.35. The van der Waals surface area contributed by atoms with Crippen LogP contribution in [0, 0.1) is 0 Å². The zero-order valence-corrected chi connectivity index (χ0v) is 11.4. The standard InChI is InChI=1S/C17H16N2O/c1-19-15-10-6-5-9-14(15)17(20)18-16(19)12-11-13-7-3-2-4-8-13/h2-10H,11-12H2,1H3. The van der Waals surface area contributed by atoms with E-state index in [1.54, 1.807) is 0 Å². The summed E-state index contributed by atoms with van der Waals surface area (Å²) in [5.41, 5.74) is 2.06. The van der Waals surface area contributed by atoms with Gasteiger partial charge in [-0.25, -0.2) is 0 Å². The number of nitrogens with zero attached hydrogens (tertiary/aromatic N) is 2. The van der Waals surface area contributed by atoms with Gasteiger partial charge in [0.1, 0.15) is 5.82 Å². The van der Waals surface area contributed by atoms with E-state index in [1.807, 2.05) is 54.1 Å². The Balaban J connectivity index is 1.96. The second-order valence-corrected chi connectivity index (χ2v) is 4.89. The van der Waals surface area contributed by atoms with Crippen LogP contribution in [-0.4, -0.2) is 9.55 Å². The summed E-state index contributed by atoms with van der Waals surface area (Å²) >= 11 is 0. The predicted octanol–water partition coefficient (Wildman–Crippen LogP) is 2.72. The molecule has 0 amide bonds. The van der Waals surface area contributed by atoms with Gasteiger partial charge in [0.2, 0.25) is 0 Å². The molecule has 0 N–H and O–H groups in total. The molecule has 0 spiro atoms. The van der Waals surface area contributed by atoms with Gasteiger partial charge >= 0.3 is 0 Å². The van der Waals surface area contributed by atoms with Crippen molar-refractivity contribution < 1.29 is 0 Å². The SMILES string of the molecule is Cn1c(CCc2ccccc2)nc(=O)c2ccccc21. The van der Waals surface area contributed by atoms with Crippen molar-refractivity contribution in [2.75, 3.05) is 0 Å². The van der Waals surface area contributed by atoms with Crippen LogP contribution in [-0.2, 0) is 19.9 Å². The molecular formula is C17H16N2O. The van der Waals surface area contributed by atoms with Crippen LogP contribution in [0.2, 0.25) is 0 Å². The van der Waals surface area contributed by atoms with Crippen LogP contribution in [0.1, 0.15) is 11.4 Å².